The minimum Gasteiger partial charge on any atom is -0.439 e. The molecule has 0 bridgehead atoms. The molecule has 0 fully saturated rings. The van der Waals surface area contributed by atoms with Crippen LogP contribution in [0, 0.1) is 15.9 Å². The summed E-state index contributed by atoms with van der Waals surface area (Å²) in [6.45, 7) is 2.59. The predicted molar refractivity (Wildman–Crippen MR) is 69.3 cm³/mol. The van der Waals surface area contributed by atoms with Crippen LogP contribution in [0.2, 0.25) is 0 Å². The van der Waals surface area contributed by atoms with Crippen LogP contribution in [-0.4, -0.2) is 21.4 Å². The maximum absolute atomic E-state index is 13.4. The van der Waals surface area contributed by atoms with Crippen LogP contribution in [0.1, 0.15) is 6.92 Å². The standard InChI is InChI=1S/C12H11FN4O3/c1-2-14-11-6-12(16-7-15-11)20-8-3-4-10(17(18)19)9(13)5-8/h3-7H,2H2,1H3,(H,14,15,16). The van der Waals surface area contributed by atoms with Gasteiger partial charge >= 0.3 is 5.69 Å². The van der Waals surface area contributed by atoms with Gasteiger partial charge in [-0.1, -0.05) is 0 Å². The molecule has 1 N–H and O–H groups in total. The van der Waals surface area contributed by atoms with Gasteiger partial charge in [0, 0.05) is 24.7 Å². The van der Waals surface area contributed by atoms with Crippen molar-refractivity contribution < 1.29 is 14.1 Å². The lowest BCUT2D eigenvalue weighted by Crippen LogP contribution is -2.00. The van der Waals surface area contributed by atoms with Crippen molar-refractivity contribution in [3.8, 4) is 11.6 Å². The minimum absolute atomic E-state index is 0.120. The van der Waals surface area contributed by atoms with Gasteiger partial charge in [-0.3, -0.25) is 10.1 Å². The largest absolute Gasteiger partial charge is 0.439 e. The highest BCUT2D eigenvalue weighted by Gasteiger charge is 2.14. The number of halogens is 1. The van der Waals surface area contributed by atoms with Gasteiger partial charge in [0.2, 0.25) is 11.7 Å². The molecule has 2 rings (SSSR count). The van der Waals surface area contributed by atoms with Crippen LogP contribution >= 0.6 is 0 Å². The van der Waals surface area contributed by atoms with E-state index in [9.17, 15) is 14.5 Å². The monoisotopic (exact) mass is 278 g/mol. The molecular formula is C12H11FN4O3. The summed E-state index contributed by atoms with van der Waals surface area (Å²) in [7, 11) is 0. The Bertz CT molecular complexity index is 636. The van der Waals surface area contributed by atoms with Crippen molar-refractivity contribution in [2.45, 2.75) is 6.92 Å². The number of nitro groups is 1. The summed E-state index contributed by atoms with van der Waals surface area (Å²) in [5.41, 5.74) is -0.603. The fourth-order valence-corrected chi connectivity index (χ4v) is 1.49. The average molecular weight is 278 g/mol. The molecule has 2 aromatic rings. The molecule has 0 radical (unpaired) electrons. The molecule has 0 atom stereocenters. The number of rotatable bonds is 5. The summed E-state index contributed by atoms with van der Waals surface area (Å²) in [6, 6.07) is 4.82. The smallest absolute Gasteiger partial charge is 0.305 e. The summed E-state index contributed by atoms with van der Waals surface area (Å²) in [5, 5.41) is 13.5. The first kappa shape index (κ1) is 13.7. The summed E-state index contributed by atoms with van der Waals surface area (Å²) in [5.74, 6) is -0.0632. The predicted octanol–water partition coefficient (Wildman–Crippen LogP) is 2.75. The van der Waals surface area contributed by atoms with E-state index in [2.05, 4.69) is 15.3 Å². The third-order valence-corrected chi connectivity index (χ3v) is 2.34. The molecule has 7 nitrogen and oxygen atoms in total. The van der Waals surface area contributed by atoms with E-state index in [4.69, 9.17) is 4.74 Å². The lowest BCUT2D eigenvalue weighted by atomic mass is 10.3. The number of aromatic nitrogens is 2. The van der Waals surface area contributed by atoms with Crippen LogP contribution in [0.3, 0.4) is 0 Å². The second kappa shape index (κ2) is 5.91. The van der Waals surface area contributed by atoms with E-state index < -0.39 is 16.4 Å². The number of nitro benzene ring substituents is 1. The van der Waals surface area contributed by atoms with Gasteiger partial charge in [0.25, 0.3) is 0 Å². The van der Waals surface area contributed by atoms with Gasteiger partial charge in [-0.2, -0.15) is 4.39 Å². The summed E-state index contributed by atoms with van der Waals surface area (Å²) < 4.78 is 18.8. The van der Waals surface area contributed by atoms with Crippen LogP contribution in [-0.2, 0) is 0 Å². The van der Waals surface area contributed by atoms with Gasteiger partial charge in [-0.15, -0.1) is 0 Å². The summed E-state index contributed by atoms with van der Waals surface area (Å²) in [4.78, 5) is 17.5. The number of hydrogen-bond donors (Lipinski definition) is 1. The van der Waals surface area contributed by atoms with Crippen molar-refractivity contribution in [3.05, 3.63) is 46.5 Å². The lowest BCUT2D eigenvalue weighted by Gasteiger charge is -2.06. The van der Waals surface area contributed by atoms with Crippen LogP contribution in [0.25, 0.3) is 0 Å². The van der Waals surface area contributed by atoms with Gasteiger partial charge in [0.15, 0.2) is 0 Å². The van der Waals surface area contributed by atoms with Crippen molar-refractivity contribution in [1.82, 2.24) is 9.97 Å². The third-order valence-electron chi connectivity index (χ3n) is 2.34. The Kier molecular flexibility index (Phi) is 4.04. The molecular weight excluding hydrogens is 267 g/mol. The Labute approximate surface area is 113 Å². The lowest BCUT2D eigenvalue weighted by molar-refractivity contribution is -0.387. The number of ether oxygens (including phenoxy) is 1. The van der Waals surface area contributed by atoms with Gasteiger partial charge in [-0.05, 0) is 13.0 Å². The SMILES string of the molecule is CCNc1cc(Oc2ccc([N+](=O)[O-])c(F)c2)ncn1. The number of nitrogens with one attached hydrogen (secondary N) is 1. The average Bonchev–Trinajstić information content (AvgIpc) is 2.39. The van der Waals surface area contributed by atoms with E-state index >= 15 is 0 Å². The Hall–Kier alpha value is -2.77. The normalized spacial score (nSPS) is 10.1. The molecule has 0 spiro atoms. The first-order valence-electron chi connectivity index (χ1n) is 5.78. The fraction of sp³-hybridized carbons (Fsp3) is 0.167. The quantitative estimate of drug-likeness (QED) is 0.668. The molecule has 0 saturated carbocycles. The minimum atomic E-state index is -0.964. The number of nitrogens with zero attached hydrogens (tertiary/aromatic N) is 3. The first-order chi connectivity index (χ1) is 9.60. The molecule has 1 aromatic carbocycles. The zero-order valence-electron chi connectivity index (χ0n) is 10.5. The highest BCUT2D eigenvalue weighted by atomic mass is 19.1. The molecule has 0 amide bonds. The van der Waals surface area contributed by atoms with Crippen LogP contribution in [0.4, 0.5) is 15.9 Å². The Balaban J connectivity index is 2.19. The van der Waals surface area contributed by atoms with Gasteiger partial charge in [0.1, 0.15) is 17.9 Å². The second-order valence-corrected chi connectivity index (χ2v) is 3.74. The van der Waals surface area contributed by atoms with E-state index in [0.29, 0.717) is 12.4 Å². The van der Waals surface area contributed by atoms with Crippen molar-refractivity contribution in [3.63, 3.8) is 0 Å². The third kappa shape index (κ3) is 3.16. The van der Waals surface area contributed by atoms with E-state index in [1.54, 1.807) is 6.07 Å². The van der Waals surface area contributed by atoms with E-state index in [1.807, 2.05) is 6.92 Å². The maximum Gasteiger partial charge on any atom is 0.305 e. The molecule has 0 unspecified atom stereocenters. The Morgan fingerprint density at radius 3 is 2.85 bits per heavy atom. The highest BCUT2D eigenvalue weighted by molar-refractivity contribution is 5.41. The topological polar surface area (TPSA) is 90.2 Å². The molecule has 0 aliphatic rings. The molecule has 8 heteroatoms. The van der Waals surface area contributed by atoms with Gasteiger partial charge in [-0.25, -0.2) is 9.97 Å². The second-order valence-electron chi connectivity index (χ2n) is 3.74. The summed E-state index contributed by atoms with van der Waals surface area (Å²) in [6.07, 6.45) is 1.30. The Morgan fingerprint density at radius 1 is 1.40 bits per heavy atom. The molecule has 0 aliphatic carbocycles. The molecule has 20 heavy (non-hydrogen) atoms. The van der Waals surface area contributed by atoms with E-state index in [0.717, 1.165) is 12.1 Å². The van der Waals surface area contributed by atoms with Gasteiger partial charge < -0.3 is 10.1 Å². The zero-order valence-corrected chi connectivity index (χ0v) is 10.5. The maximum atomic E-state index is 13.4. The zero-order chi connectivity index (χ0) is 14.5. The van der Waals surface area contributed by atoms with Crippen molar-refractivity contribution in [1.29, 1.82) is 0 Å². The van der Waals surface area contributed by atoms with Crippen LogP contribution in [0.15, 0.2) is 30.6 Å². The van der Waals surface area contributed by atoms with E-state index in [1.165, 1.54) is 12.4 Å². The Morgan fingerprint density at radius 2 is 2.20 bits per heavy atom. The van der Waals surface area contributed by atoms with Gasteiger partial charge in [0.05, 0.1) is 4.92 Å². The fourth-order valence-electron chi connectivity index (χ4n) is 1.49. The molecule has 1 aromatic heterocycles. The summed E-state index contributed by atoms with van der Waals surface area (Å²) >= 11 is 0. The van der Waals surface area contributed by atoms with Crippen LogP contribution in [0.5, 0.6) is 11.6 Å². The number of anilines is 1. The van der Waals surface area contributed by atoms with Crippen molar-refractivity contribution in [2.75, 3.05) is 11.9 Å². The van der Waals surface area contributed by atoms with Crippen LogP contribution < -0.4 is 10.1 Å². The molecule has 1 heterocycles. The van der Waals surface area contributed by atoms with Crippen molar-refractivity contribution in [2.24, 2.45) is 0 Å². The first-order valence-corrected chi connectivity index (χ1v) is 5.78. The number of benzene rings is 1. The van der Waals surface area contributed by atoms with E-state index in [-0.39, 0.29) is 11.6 Å². The number of hydrogen-bond acceptors (Lipinski definition) is 6. The highest BCUT2D eigenvalue weighted by Crippen LogP contribution is 2.26. The molecule has 0 aliphatic heterocycles. The van der Waals surface area contributed by atoms with Crippen molar-refractivity contribution >= 4 is 11.5 Å². The molecule has 104 valence electrons. The molecule has 0 saturated heterocycles.